The lowest BCUT2D eigenvalue weighted by molar-refractivity contribution is -0.384. The lowest BCUT2D eigenvalue weighted by Crippen LogP contribution is -2.40. The molecule has 6 nitrogen and oxygen atoms in total. The van der Waals surface area contributed by atoms with E-state index in [1.165, 1.54) is 12.1 Å². The molecule has 1 saturated heterocycles. The standard InChI is InChI=1S/C12H13IN2O4/c13-11-4-3-9(15(17)18)6-10(11)12(16)14-8-2-1-5-19-7-8/h3-4,6,8H,1-2,5,7H2,(H,14,16). The van der Waals surface area contributed by atoms with Gasteiger partial charge in [0.2, 0.25) is 0 Å². The van der Waals surface area contributed by atoms with Crippen LogP contribution in [-0.2, 0) is 4.74 Å². The van der Waals surface area contributed by atoms with E-state index < -0.39 is 4.92 Å². The van der Waals surface area contributed by atoms with Crippen LogP contribution < -0.4 is 5.32 Å². The van der Waals surface area contributed by atoms with Gasteiger partial charge < -0.3 is 10.1 Å². The van der Waals surface area contributed by atoms with Crippen molar-refractivity contribution in [3.63, 3.8) is 0 Å². The fourth-order valence-electron chi connectivity index (χ4n) is 1.92. The topological polar surface area (TPSA) is 81.5 Å². The quantitative estimate of drug-likeness (QED) is 0.498. The molecule has 1 unspecified atom stereocenters. The van der Waals surface area contributed by atoms with E-state index in [2.05, 4.69) is 5.32 Å². The summed E-state index contributed by atoms with van der Waals surface area (Å²) in [5.41, 5.74) is 0.255. The van der Waals surface area contributed by atoms with Crippen LogP contribution in [0.5, 0.6) is 0 Å². The van der Waals surface area contributed by atoms with Crippen molar-refractivity contribution in [2.75, 3.05) is 13.2 Å². The molecule has 7 heteroatoms. The number of benzene rings is 1. The zero-order valence-electron chi connectivity index (χ0n) is 10.1. The molecule has 1 aliphatic heterocycles. The molecular weight excluding hydrogens is 363 g/mol. The Morgan fingerprint density at radius 1 is 1.53 bits per heavy atom. The van der Waals surface area contributed by atoms with Crippen molar-refractivity contribution in [3.8, 4) is 0 Å². The number of nitrogens with one attached hydrogen (secondary N) is 1. The van der Waals surface area contributed by atoms with Crippen LogP contribution >= 0.6 is 22.6 Å². The fourth-order valence-corrected chi connectivity index (χ4v) is 2.50. The summed E-state index contributed by atoms with van der Waals surface area (Å²) in [4.78, 5) is 22.3. The minimum atomic E-state index is -0.503. The normalized spacial score (nSPS) is 18.9. The Kier molecular flexibility index (Phi) is 4.70. The monoisotopic (exact) mass is 376 g/mol. The Balaban J connectivity index is 2.13. The SMILES string of the molecule is O=C(NC1CCCOC1)c1cc([N+](=O)[O-])ccc1I. The molecule has 0 aliphatic carbocycles. The molecule has 0 saturated carbocycles. The van der Waals surface area contributed by atoms with Gasteiger partial charge in [-0.05, 0) is 41.5 Å². The van der Waals surface area contributed by atoms with E-state index in [1.807, 2.05) is 22.6 Å². The molecule has 1 atom stereocenters. The maximum Gasteiger partial charge on any atom is 0.270 e. The number of nitro groups is 1. The zero-order valence-corrected chi connectivity index (χ0v) is 12.3. The van der Waals surface area contributed by atoms with Gasteiger partial charge in [-0.1, -0.05) is 0 Å². The Morgan fingerprint density at radius 2 is 2.32 bits per heavy atom. The van der Waals surface area contributed by atoms with Gasteiger partial charge in [-0.15, -0.1) is 0 Å². The summed E-state index contributed by atoms with van der Waals surface area (Å²) in [7, 11) is 0. The molecule has 0 radical (unpaired) electrons. The molecule has 1 amide bonds. The number of hydrogen-bond donors (Lipinski definition) is 1. The third-order valence-corrected chi connectivity index (χ3v) is 3.84. The summed E-state index contributed by atoms with van der Waals surface area (Å²) < 4.78 is 5.98. The van der Waals surface area contributed by atoms with Crippen LogP contribution in [0.25, 0.3) is 0 Å². The van der Waals surface area contributed by atoms with E-state index >= 15 is 0 Å². The average molecular weight is 376 g/mol. The molecule has 1 aromatic carbocycles. The molecule has 0 aromatic heterocycles. The maximum atomic E-state index is 12.1. The molecule has 1 heterocycles. The molecular formula is C12H13IN2O4. The van der Waals surface area contributed by atoms with Crippen LogP contribution in [-0.4, -0.2) is 30.1 Å². The van der Waals surface area contributed by atoms with Crippen molar-refractivity contribution in [1.29, 1.82) is 0 Å². The highest BCUT2D eigenvalue weighted by molar-refractivity contribution is 14.1. The second-order valence-electron chi connectivity index (χ2n) is 4.31. The van der Waals surface area contributed by atoms with Crippen LogP contribution in [0.3, 0.4) is 0 Å². The smallest absolute Gasteiger partial charge is 0.270 e. The van der Waals surface area contributed by atoms with Gasteiger partial charge in [0.25, 0.3) is 11.6 Å². The lowest BCUT2D eigenvalue weighted by atomic mass is 10.1. The van der Waals surface area contributed by atoms with E-state index in [-0.39, 0.29) is 17.6 Å². The van der Waals surface area contributed by atoms with Crippen LogP contribution in [0.4, 0.5) is 5.69 Å². The second kappa shape index (κ2) is 6.29. The van der Waals surface area contributed by atoms with Gasteiger partial charge in [0.05, 0.1) is 23.1 Å². The molecule has 1 fully saturated rings. The highest BCUT2D eigenvalue weighted by Gasteiger charge is 2.20. The van der Waals surface area contributed by atoms with Crippen molar-refractivity contribution >= 4 is 34.2 Å². The Morgan fingerprint density at radius 3 is 2.95 bits per heavy atom. The molecule has 0 bridgehead atoms. The summed E-state index contributed by atoms with van der Waals surface area (Å²) in [6, 6.07) is 4.25. The van der Waals surface area contributed by atoms with Crippen LogP contribution in [0.15, 0.2) is 18.2 Å². The number of rotatable bonds is 3. The van der Waals surface area contributed by atoms with Crippen molar-refractivity contribution in [2.45, 2.75) is 18.9 Å². The third-order valence-electron chi connectivity index (χ3n) is 2.90. The lowest BCUT2D eigenvalue weighted by Gasteiger charge is -2.23. The maximum absolute atomic E-state index is 12.1. The van der Waals surface area contributed by atoms with Gasteiger partial charge in [0.15, 0.2) is 0 Å². The minimum absolute atomic E-state index is 0.0173. The number of carbonyl (C=O) groups is 1. The minimum Gasteiger partial charge on any atom is -0.379 e. The fraction of sp³-hybridized carbons (Fsp3) is 0.417. The zero-order chi connectivity index (χ0) is 13.8. The number of carbonyl (C=O) groups excluding carboxylic acids is 1. The predicted octanol–water partition coefficient (Wildman–Crippen LogP) is 2.11. The summed E-state index contributed by atoms with van der Waals surface area (Å²) in [6.07, 6.45) is 1.79. The highest BCUT2D eigenvalue weighted by atomic mass is 127. The van der Waals surface area contributed by atoms with Gasteiger partial charge in [-0.2, -0.15) is 0 Å². The third kappa shape index (κ3) is 3.63. The number of amides is 1. The average Bonchev–Trinajstić information content (AvgIpc) is 2.40. The molecule has 102 valence electrons. The van der Waals surface area contributed by atoms with E-state index in [0.29, 0.717) is 15.7 Å². The van der Waals surface area contributed by atoms with Gasteiger partial charge in [0.1, 0.15) is 0 Å². The van der Waals surface area contributed by atoms with E-state index in [4.69, 9.17) is 4.74 Å². The van der Waals surface area contributed by atoms with Gasteiger partial charge in [-0.3, -0.25) is 14.9 Å². The number of ether oxygens (including phenoxy) is 1. The Bertz CT molecular complexity index is 501. The summed E-state index contributed by atoms with van der Waals surface area (Å²) in [5.74, 6) is -0.288. The van der Waals surface area contributed by atoms with E-state index in [9.17, 15) is 14.9 Å². The molecule has 0 spiro atoms. The molecule has 1 aliphatic rings. The number of nitrogens with zero attached hydrogens (tertiary/aromatic N) is 1. The summed E-state index contributed by atoms with van der Waals surface area (Å²) >= 11 is 2.00. The van der Waals surface area contributed by atoms with Crippen LogP contribution in [0.2, 0.25) is 0 Å². The van der Waals surface area contributed by atoms with Gasteiger partial charge in [0, 0.05) is 22.3 Å². The van der Waals surface area contributed by atoms with E-state index in [1.54, 1.807) is 6.07 Å². The van der Waals surface area contributed by atoms with Crippen molar-refractivity contribution in [3.05, 3.63) is 37.4 Å². The Labute approximate surface area is 123 Å². The number of nitro benzene ring substituents is 1. The predicted molar refractivity (Wildman–Crippen MR) is 77.1 cm³/mol. The molecule has 1 N–H and O–H groups in total. The number of hydrogen-bond acceptors (Lipinski definition) is 4. The number of halogens is 1. The first kappa shape index (κ1) is 14.2. The first-order valence-corrected chi connectivity index (χ1v) is 6.98. The van der Waals surface area contributed by atoms with Crippen LogP contribution in [0.1, 0.15) is 23.2 Å². The van der Waals surface area contributed by atoms with Crippen molar-refractivity contribution in [2.24, 2.45) is 0 Å². The van der Waals surface area contributed by atoms with Gasteiger partial charge in [-0.25, -0.2) is 0 Å². The largest absolute Gasteiger partial charge is 0.379 e. The summed E-state index contributed by atoms with van der Waals surface area (Å²) in [6.45, 7) is 1.22. The van der Waals surface area contributed by atoms with E-state index in [0.717, 1.165) is 19.4 Å². The second-order valence-corrected chi connectivity index (χ2v) is 5.47. The van der Waals surface area contributed by atoms with Crippen molar-refractivity contribution in [1.82, 2.24) is 5.32 Å². The first-order chi connectivity index (χ1) is 9.08. The van der Waals surface area contributed by atoms with Crippen molar-refractivity contribution < 1.29 is 14.5 Å². The molecule has 1 aromatic rings. The molecule has 2 rings (SSSR count). The number of non-ortho nitro benzene ring substituents is 1. The van der Waals surface area contributed by atoms with Gasteiger partial charge >= 0.3 is 0 Å². The molecule has 19 heavy (non-hydrogen) atoms. The van der Waals surface area contributed by atoms with Crippen LogP contribution in [0, 0.1) is 13.7 Å². The first-order valence-electron chi connectivity index (χ1n) is 5.90. The summed E-state index contributed by atoms with van der Waals surface area (Å²) in [5, 5.41) is 13.6. The Hall–Kier alpha value is -1.22. The highest BCUT2D eigenvalue weighted by Crippen LogP contribution is 2.20.